The van der Waals surface area contributed by atoms with Gasteiger partial charge in [-0.25, -0.2) is 0 Å². The van der Waals surface area contributed by atoms with Crippen molar-refractivity contribution in [2.45, 2.75) is 44.6 Å². The average Bonchev–Trinajstić information content (AvgIpc) is 2.97. The molecule has 2 amide bonds. The molecule has 0 heterocycles. The fourth-order valence-corrected chi connectivity index (χ4v) is 5.56. The van der Waals surface area contributed by atoms with Gasteiger partial charge in [0.15, 0.2) is 11.5 Å². The molecular weight excluding hydrogens is 647 g/mol. The van der Waals surface area contributed by atoms with Gasteiger partial charge in [-0.2, -0.15) is 0 Å². The summed E-state index contributed by atoms with van der Waals surface area (Å²) >= 11 is 2.05. The summed E-state index contributed by atoms with van der Waals surface area (Å²) in [5.74, 6) is 1.24. The van der Waals surface area contributed by atoms with Crippen LogP contribution in [0.4, 0.5) is 0 Å². The van der Waals surface area contributed by atoms with Crippen LogP contribution in [0.5, 0.6) is 23.0 Å². The Morgan fingerprint density at radius 2 is 1.80 bits per heavy atom. The summed E-state index contributed by atoms with van der Waals surface area (Å²) in [6, 6.07) is 7.96. The van der Waals surface area contributed by atoms with Crippen LogP contribution in [0.25, 0.3) is 0 Å². The number of carbonyl (C=O) groups is 2. The monoisotopic (exact) mass is 684 g/mol. The lowest BCUT2D eigenvalue weighted by molar-refractivity contribution is -0.136. The molecule has 11 nitrogen and oxygen atoms in total. The second kappa shape index (κ2) is 15.2. The van der Waals surface area contributed by atoms with Gasteiger partial charge in [-0.1, -0.05) is 0 Å². The number of aliphatic hydroxyl groups is 3. The van der Waals surface area contributed by atoms with Crippen LogP contribution >= 0.6 is 22.6 Å². The summed E-state index contributed by atoms with van der Waals surface area (Å²) in [5.41, 5.74) is 1.75. The van der Waals surface area contributed by atoms with Gasteiger partial charge in [0.05, 0.1) is 44.2 Å². The molecule has 0 spiro atoms. The van der Waals surface area contributed by atoms with Crippen molar-refractivity contribution in [1.82, 2.24) is 10.2 Å². The maximum atomic E-state index is 13.0. The lowest BCUT2D eigenvalue weighted by Gasteiger charge is -2.40. The molecule has 2 aromatic carbocycles. The highest BCUT2D eigenvalue weighted by Crippen LogP contribution is 2.37. The Bertz CT molecular complexity index is 1250. The van der Waals surface area contributed by atoms with Crippen molar-refractivity contribution >= 4 is 34.4 Å². The van der Waals surface area contributed by atoms with Crippen molar-refractivity contribution in [3.8, 4) is 23.0 Å². The molecule has 1 aliphatic carbocycles. The molecule has 12 heteroatoms. The van der Waals surface area contributed by atoms with Gasteiger partial charge in [0, 0.05) is 32.0 Å². The largest absolute Gasteiger partial charge is 0.497 e. The number of carbonyl (C=O) groups excluding carboxylic acids is 2. The molecular formula is C29H37IN2O9. The highest BCUT2D eigenvalue weighted by atomic mass is 127. The van der Waals surface area contributed by atoms with E-state index in [9.17, 15) is 24.9 Å². The fourth-order valence-electron chi connectivity index (χ4n) is 4.77. The molecule has 0 aliphatic heterocycles. The predicted octanol–water partition coefficient (Wildman–Crippen LogP) is 1.82. The Morgan fingerprint density at radius 1 is 1.07 bits per heavy atom. The first kappa shape index (κ1) is 32.4. The van der Waals surface area contributed by atoms with Crippen LogP contribution < -0.4 is 24.3 Å². The number of methoxy groups -OCH3 is 3. The first-order valence-electron chi connectivity index (χ1n) is 13.1. The first-order valence-corrected chi connectivity index (χ1v) is 14.1. The lowest BCUT2D eigenvalue weighted by Crippen LogP contribution is -2.55. The third-order valence-corrected chi connectivity index (χ3v) is 7.66. The number of rotatable bonds is 13. The fraction of sp³-hybridized carbons (Fsp3) is 0.448. The van der Waals surface area contributed by atoms with Crippen molar-refractivity contribution in [1.29, 1.82) is 0 Å². The number of benzene rings is 2. The molecule has 3 rings (SSSR count). The number of amides is 2. The molecule has 4 N–H and O–H groups in total. The van der Waals surface area contributed by atoms with E-state index in [-0.39, 0.29) is 38.6 Å². The van der Waals surface area contributed by atoms with E-state index in [1.54, 1.807) is 38.5 Å². The van der Waals surface area contributed by atoms with Gasteiger partial charge < -0.3 is 44.5 Å². The van der Waals surface area contributed by atoms with E-state index in [1.807, 2.05) is 28.7 Å². The maximum absolute atomic E-state index is 13.0. The lowest BCUT2D eigenvalue weighted by atomic mass is 9.88. The standard InChI is InChI=1S/C29H37IN2O9/c1-17(35)32(9-7-19-13-21(38-2)5-6-24(19)39-3)23-14-20(29(37)31-8-10-33)15-25(27(23)36)41-28-22(30)11-18(16-34)12-26(28)40-4/h5-6,11-13,15,23,25,27,33-34,36H,7-10,14,16H2,1-4H3,(H,31,37)/t23-,25+,27+/m1/s1. The van der Waals surface area contributed by atoms with E-state index in [1.165, 1.54) is 25.0 Å². The second-order valence-electron chi connectivity index (χ2n) is 9.42. The number of aliphatic hydroxyl groups excluding tert-OH is 3. The Kier molecular flexibility index (Phi) is 12.1. The van der Waals surface area contributed by atoms with E-state index in [2.05, 4.69) is 5.32 Å². The van der Waals surface area contributed by atoms with Gasteiger partial charge >= 0.3 is 0 Å². The summed E-state index contributed by atoms with van der Waals surface area (Å²) in [4.78, 5) is 27.5. The van der Waals surface area contributed by atoms with E-state index < -0.39 is 24.2 Å². The molecule has 0 radical (unpaired) electrons. The topological polar surface area (TPSA) is 147 Å². The zero-order chi connectivity index (χ0) is 30.1. The smallest absolute Gasteiger partial charge is 0.247 e. The van der Waals surface area contributed by atoms with Gasteiger partial charge in [-0.3, -0.25) is 9.59 Å². The minimum atomic E-state index is -1.20. The zero-order valence-electron chi connectivity index (χ0n) is 23.6. The molecule has 3 atom stereocenters. The van der Waals surface area contributed by atoms with Crippen LogP contribution in [0.15, 0.2) is 42.0 Å². The van der Waals surface area contributed by atoms with Crippen molar-refractivity contribution in [3.05, 3.63) is 56.7 Å². The maximum Gasteiger partial charge on any atom is 0.247 e. The summed E-state index contributed by atoms with van der Waals surface area (Å²) in [7, 11) is 4.59. The van der Waals surface area contributed by atoms with Gasteiger partial charge in [0.1, 0.15) is 23.7 Å². The van der Waals surface area contributed by atoms with E-state index >= 15 is 0 Å². The van der Waals surface area contributed by atoms with Crippen LogP contribution in [0.1, 0.15) is 24.5 Å². The predicted molar refractivity (Wildman–Crippen MR) is 159 cm³/mol. The molecule has 224 valence electrons. The molecule has 1 aliphatic rings. The number of halogens is 1. The van der Waals surface area contributed by atoms with Crippen molar-refractivity contribution < 1.29 is 43.9 Å². The summed E-state index contributed by atoms with van der Waals surface area (Å²) in [6.45, 7) is 1.26. The molecule has 0 unspecified atom stereocenters. The van der Waals surface area contributed by atoms with E-state index in [0.29, 0.717) is 44.1 Å². The molecule has 0 bridgehead atoms. The summed E-state index contributed by atoms with van der Waals surface area (Å²) < 4.78 is 23.2. The Morgan fingerprint density at radius 3 is 2.41 bits per heavy atom. The number of ether oxygens (including phenoxy) is 4. The highest BCUT2D eigenvalue weighted by molar-refractivity contribution is 14.1. The van der Waals surface area contributed by atoms with Crippen LogP contribution in [0.3, 0.4) is 0 Å². The summed E-state index contributed by atoms with van der Waals surface area (Å²) in [6.07, 6.45) is -0.200. The third-order valence-electron chi connectivity index (χ3n) is 6.85. The minimum Gasteiger partial charge on any atom is -0.497 e. The summed E-state index contributed by atoms with van der Waals surface area (Å²) in [5, 5.41) is 33.0. The SMILES string of the molecule is COc1ccc(OC)c(CCN(C(C)=O)[C@@H]2CC(C(=O)NCCO)=C[C@H](Oc3c(I)cc(CO)cc3OC)[C@H]2O)c1. The highest BCUT2D eigenvalue weighted by Gasteiger charge is 2.40. The van der Waals surface area contributed by atoms with Crippen molar-refractivity contribution in [3.63, 3.8) is 0 Å². The van der Waals surface area contributed by atoms with Crippen LogP contribution in [-0.2, 0) is 22.6 Å². The zero-order valence-corrected chi connectivity index (χ0v) is 25.7. The number of hydrogen-bond donors (Lipinski definition) is 4. The number of nitrogens with one attached hydrogen (secondary N) is 1. The average molecular weight is 685 g/mol. The molecule has 0 aromatic heterocycles. The van der Waals surface area contributed by atoms with Gasteiger partial charge in [-0.15, -0.1) is 0 Å². The van der Waals surface area contributed by atoms with Gasteiger partial charge in [0.25, 0.3) is 0 Å². The third kappa shape index (κ3) is 8.03. The molecule has 0 fully saturated rings. The minimum absolute atomic E-state index is 0.0509. The van der Waals surface area contributed by atoms with Crippen LogP contribution in [0.2, 0.25) is 0 Å². The molecule has 2 aromatic rings. The van der Waals surface area contributed by atoms with Crippen LogP contribution in [-0.4, -0.2) is 91.3 Å². The quantitative estimate of drug-likeness (QED) is 0.232. The van der Waals surface area contributed by atoms with Gasteiger partial charge in [0.2, 0.25) is 11.8 Å². The molecule has 0 saturated carbocycles. The van der Waals surface area contributed by atoms with Crippen molar-refractivity contribution in [2.24, 2.45) is 0 Å². The van der Waals surface area contributed by atoms with Crippen LogP contribution in [0, 0.1) is 3.57 Å². The normalized spacial score (nSPS) is 18.2. The number of hydrogen-bond acceptors (Lipinski definition) is 9. The first-order chi connectivity index (χ1) is 19.7. The number of nitrogens with zero attached hydrogens (tertiary/aromatic N) is 1. The van der Waals surface area contributed by atoms with E-state index in [4.69, 9.17) is 18.9 Å². The molecule has 0 saturated heterocycles. The van der Waals surface area contributed by atoms with Crippen molar-refractivity contribution in [2.75, 3.05) is 41.0 Å². The Hall–Kier alpha value is -3.07. The second-order valence-corrected chi connectivity index (χ2v) is 10.6. The Balaban J connectivity index is 1.96. The molecule has 41 heavy (non-hydrogen) atoms. The Labute approximate surface area is 253 Å². The van der Waals surface area contributed by atoms with Gasteiger partial charge in [-0.05, 0) is 76.5 Å². The van der Waals surface area contributed by atoms with E-state index in [0.717, 1.165) is 5.56 Å².